The zero-order chi connectivity index (χ0) is 12.0. The van der Waals surface area contributed by atoms with Crippen molar-refractivity contribution in [1.29, 1.82) is 0 Å². The third-order valence-electron chi connectivity index (χ3n) is 1.93. The van der Waals surface area contributed by atoms with Gasteiger partial charge in [-0.25, -0.2) is 0 Å². The number of methoxy groups -OCH3 is 1. The van der Waals surface area contributed by atoms with E-state index in [0.717, 1.165) is 5.69 Å². The topological polar surface area (TPSA) is 30.5 Å². The fraction of sp³-hybridized carbons (Fsp3) is 0.500. The van der Waals surface area contributed by atoms with Gasteiger partial charge in [-0.3, -0.25) is 0 Å². The van der Waals surface area contributed by atoms with Crippen LogP contribution < -0.4 is 10.1 Å². The summed E-state index contributed by atoms with van der Waals surface area (Å²) < 4.78 is 10.4. The smallest absolute Gasteiger partial charge is 0.138 e. The average molecular weight is 244 g/mol. The quantitative estimate of drug-likeness (QED) is 0.779. The highest BCUT2D eigenvalue weighted by Crippen LogP contribution is 2.27. The highest BCUT2D eigenvalue weighted by Gasteiger charge is 2.03. The normalized spacial score (nSPS) is 10.6. The minimum absolute atomic E-state index is 0.385. The van der Waals surface area contributed by atoms with Crippen molar-refractivity contribution in [2.75, 3.05) is 25.6 Å². The first kappa shape index (κ1) is 13.1. The van der Waals surface area contributed by atoms with Crippen LogP contribution in [-0.2, 0) is 4.74 Å². The molecule has 4 heteroatoms. The molecule has 1 aromatic rings. The first-order valence-electron chi connectivity index (χ1n) is 5.31. The molecule has 0 aliphatic rings. The molecular formula is C12H18ClNO2. The second-order valence-electron chi connectivity index (χ2n) is 3.79. The van der Waals surface area contributed by atoms with Gasteiger partial charge in [-0.05, 0) is 32.0 Å². The molecule has 0 atom stereocenters. The van der Waals surface area contributed by atoms with Crippen LogP contribution in [0.4, 0.5) is 5.69 Å². The zero-order valence-electron chi connectivity index (χ0n) is 9.92. The Hall–Kier alpha value is -0.930. The van der Waals surface area contributed by atoms with Crippen LogP contribution >= 0.6 is 11.6 Å². The van der Waals surface area contributed by atoms with Crippen molar-refractivity contribution in [3.63, 3.8) is 0 Å². The van der Waals surface area contributed by atoms with Crippen molar-refractivity contribution in [2.24, 2.45) is 0 Å². The van der Waals surface area contributed by atoms with Gasteiger partial charge in [0.15, 0.2) is 0 Å². The Balaban J connectivity index is 2.60. The van der Waals surface area contributed by atoms with Crippen LogP contribution in [0.25, 0.3) is 0 Å². The van der Waals surface area contributed by atoms with Gasteiger partial charge in [0.1, 0.15) is 12.4 Å². The van der Waals surface area contributed by atoms with Crippen LogP contribution in [0.2, 0.25) is 5.02 Å². The number of hydrogen-bond acceptors (Lipinski definition) is 3. The van der Waals surface area contributed by atoms with Gasteiger partial charge in [-0.1, -0.05) is 11.6 Å². The summed E-state index contributed by atoms with van der Waals surface area (Å²) in [7, 11) is 1.64. The molecule has 0 aliphatic carbocycles. The molecule has 0 spiro atoms. The van der Waals surface area contributed by atoms with Crippen LogP contribution in [0.5, 0.6) is 5.75 Å². The summed E-state index contributed by atoms with van der Waals surface area (Å²) in [6.45, 7) is 5.23. The fourth-order valence-corrected chi connectivity index (χ4v) is 1.51. The number of benzene rings is 1. The molecule has 0 saturated carbocycles. The lowest BCUT2D eigenvalue weighted by Gasteiger charge is -2.12. The Labute approximate surface area is 102 Å². The van der Waals surface area contributed by atoms with E-state index in [-0.39, 0.29) is 0 Å². The minimum atomic E-state index is 0.385. The Morgan fingerprint density at radius 1 is 1.31 bits per heavy atom. The zero-order valence-corrected chi connectivity index (χ0v) is 10.7. The van der Waals surface area contributed by atoms with E-state index in [1.807, 2.05) is 18.2 Å². The van der Waals surface area contributed by atoms with Crippen LogP contribution in [0.15, 0.2) is 18.2 Å². The van der Waals surface area contributed by atoms with Crippen molar-refractivity contribution < 1.29 is 9.47 Å². The molecule has 0 heterocycles. The number of halogens is 1. The van der Waals surface area contributed by atoms with Gasteiger partial charge in [-0.15, -0.1) is 0 Å². The van der Waals surface area contributed by atoms with Crippen molar-refractivity contribution in [1.82, 2.24) is 0 Å². The number of nitrogens with one attached hydrogen (secondary N) is 1. The van der Waals surface area contributed by atoms with Gasteiger partial charge in [0.2, 0.25) is 0 Å². The van der Waals surface area contributed by atoms with Crippen LogP contribution in [-0.4, -0.2) is 26.4 Å². The van der Waals surface area contributed by atoms with Crippen molar-refractivity contribution >= 4 is 17.3 Å². The molecule has 0 saturated heterocycles. The Morgan fingerprint density at radius 2 is 2.06 bits per heavy atom. The van der Waals surface area contributed by atoms with E-state index in [2.05, 4.69) is 19.2 Å². The van der Waals surface area contributed by atoms with E-state index in [1.54, 1.807) is 7.11 Å². The fourth-order valence-electron chi connectivity index (χ4n) is 1.28. The summed E-state index contributed by atoms with van der Waals surface area (Å²) in [5, 5.41) is 3.89. The van der Waals surface area contributed by atoms with Gasteiger partial charge in [0.05, 0.1) is 11.6 Å². The van der Waals surface area contributed by atoms with Crippen molar-refractivity contribution in [2.45, 2.75) is 19.9 Å². The number of anilines is 1. The summed E-state index contributed by atoms with van der Waals surface area (Å²) >= 11 is 6.09. The molecule has 0 radical (unpaired) electrons. The molecule has 1 rings (SSSR count). The molecule has 0 aromatic heterocycles. The molecule has 0 unspecified atom stereocenters. The molecule has 3 nitrogen and oxygen atoms in total. The number of rotatable bonds is 6. The standard InChI is InChI=1S/C12H18ClNO2/c1-9(2)14-10-4-5-12(11(13)8-10)16-7-6-15-3/h4-5,8-9,14H,6-7H2,1-3H3. The maximum Gasteiger partial charge on any atom is 0.138 e. The number of hydrogen-bond donors (Lipinski definition) is 1. The predicted octanol–water partition coefficient (Wildman–Crippen LogP) is 3.19. The van der Waals surface area contributed by atoms with E-state index in [0.29, 0.717) is 30.0 Å². The van der Waals surface area contributed by atoms with Crippen molar-refractivity contribution in [3.05, 3.63) is 23.2 Å². The third-order valence-corrected chi connectivity index (χ3v) is 2.23. The molecule has 0 fully saturated rings. The molecular weight excluding hydrogens is 226 g/mol. The summed E-state index contributed by atoms with van der Waals surface area (Å²) in [6.07, 6.45) is 0. The minimum Gasteiger partial charge on any atom is -0.490 e. The molecule has 90 valence electrons. The van der Waals surface area contributed by atoms with Gasteiger partial charge in [-0.2, -0.15) is 0 Å². The maximum atomic E-state index is 6.09. The summed E-state index contributed by atoms with van der Waals surface area (Å²) in [4.78, 5) is 0. The Morgan fingerprint density at radius 3 is 2.62 bits per heavy atom. The monoisotopic (exact) mass is 243 g/mol. The van der Waals surface area contributed by atoms with Gasteiger partial charge in [0, 0.05) is 18.8 Å². The first-order valence-corrected chi connectivity index (χ1v) is 5.69. The van der Waals surface area contributed by atoms with E-state index < -0.39 is 0 Å². The second kappa shape index (κ2) is 6.61. The lowest BCUT2D eigenvalue weighted by molar-refractivity contribution is 0.146. The Bertz CT molecular complexity index is 329. The SMILES string of the molecule is COCCOc1ccc(NC(C)C)cc1Cl. The summed E-state index contributed by atoms with van der Waals surface area (Å²) in [5.74, 6) is 0.688. The van der Waals surface area contributed by atoms with Gasteiger partial charge >= 0.3 is 0 Å². The number of ether oxygens (including phenoxy) is 2. The summed E-state index contributed by atoms with van der Waals surface area (Å²) in [5.41, 5.74) is 0.999. The molecule has 0 aliphatic heterocycles. The molecule has 0 amide bonds. The average Bonchev–Trinajstić information content (AvgIpc) is 2.20. The van der Waals surface area contributed by atoms with Crippen molar-refractivity contribution in [3.8, 4) is 5.75 Å². The molecule has 16 heavy (non-hydrogen) atoms. The molecule has 1 aromatic carbocycles. The van der Waals surface area contributed by atoms with Crippen LogP contribution in [0, 0.1) is 0 Å². The van der Waals surface area contributed by atoms with E-state index in [9.17, 15) is 0 Å². The van der Waals surface area contributed by atoms with E-state index >= 15 is 0 Å². The van der Waals surface area contributed by atoms with E-state index in [4.69, 9.17) is 21.1 Å². The summed E-state index contributed by atoms with van der Waals surface area (Å²) in [6, 6.07) is 6.07. The van der Waals surface area contributed by atoms with Gasteiger partial charge < -0.3 is 14.8 Å². The first-order chi connectivity index (χ1) is 7.63. The highest BCUT2D eigenvalue weighted by molar-refractivity contribution is 6.32. The van der Waals surface area contributed by atoms with E-state index in [1.165, 1.54) is 0 Å². The predicted molar refractivity (Wildman–Crippen MR) is 67.6 cm³/mol. The molecule has 1 N–H and O–H groups in total. The third kappa shape index (κ3) is 4.29. The lowest BCUT2D eigenvalue weighted by atomic mass is 10.2. The largest absolute Gasteiger partial charge is 0.490 e. The highest BCUT2D eigenvalue weighted by atomic mass is 35.5. The lowest BCUT2D eigenvalue weighted by Crippen LogP contribution is -2.09. The van der Waals surface area contributed by atoms with Gasteiger partial charge in [0.25, 0.3) is 0 Å². The Kier molecular flexibility index (Phi) is 5.43. The van der Waals surface area contributed by atoms with Crippen LogP contribution in [0.1, 0.15) is 13.8 Å². The maximum absolute atomic E-state index is 6.09. The second-order valence-corrected chi connectivity index (χ2v) is 4.19. The molecule has 0 bridgehead atoms. The van der Waals surface area contributed by atoms with Crippen LogP contribution in [0.3, 0.4) is 0 Å².